The van der Waals surface area contributed by atoms with E-state index in [1.807, 2.05) is 12.1 Å². The summed E-state index contributed by atoms with van der Waals surface area (Å²) in [4.78, 5) is 13.5. The number of likely N-dealkylation sites (tertiary alicyclic amines) is 1. The van der Waals surface area contributed by atoms with Gasteiger partial charge in [-0.05, 0) is 30.5 Å². The van der Waals surface area contributed by atoms with E-state index in [1.165, 1.54) is 5.56 Å². The lowest BCUT2D eigenvalue weighted by Gasteiger charge is -2.37. The minimum Gasteiger partial charge on any atom is -0.497 e. The maximum Gasteiger partial charge on any atom is 0.217 e. The third-order valence-corrected chi connectivity index (χ3v) is 4.08. The highest BCUT2D eigenvalue weighted by Gasteiger charge is 2.25. The number of nitrogens with one attached hydrogen (secondary N) is 1. The van der Waals surface area contributed by atoms with Gasteiger partial charge in [0.25, 0.3) is 0 Å². The highest BCUT2D eigenvalue weighted by Crippen LogP contribution is 2.26. The second-order valence-electron chi connectivity index (χ2n) is 5.54. The van der Waals surface area contributed by atoms with Crippen LogP contribution in [-0.2, 0) is 4.79 Å². The molecule has 5 nitrogen and oxygen atoms in total. The van der Waals surface area contributed by atoms with Crippen molar-refractivity contribution in [2.24, 2.45) is 5.73 Å². The van der Waals surface area contributed by atoms with Crippen LogP contribution in [0.25, 0.3) is 0 Å². The van der Waals surface area contributed by atoms with Crippen molar-refractivity contribution in [2.75, 3.05) is 26.7 Å². The van der Waals surface area contributed by atoms with Gasteiger partial charge < -0.3 is 15.8 Å². The van der Waals surface area contributed by atoms with Gasteiger partial charge in [0.05, 0.1) is 7.11 Å². The molecule has 1 fully saturated rings. The summed E-state index contributed by atoms with van der Waals surface area (Å²) in [6.07, 6.45) is 1.94. The summed E-state index contributed by atoms with van der Waals surface area (Å²) in [7, 11) is 1.68. The fourth-order valence-electron chi connectivity index (χ4n) is 2.99. The summed E-state index contributed by atoms with van der Waals surface area (Å²) in [6.45, 7) is 4.05. The van der Waals surface area contributed by atoms with Crippen LogP contribution in [0, 0.1) is 0 Å². The van der Waals surface area contributed by atoms with E-state index < -0.39 is 0 Å². The molecule has 1 aromatic carbocycles. The molecule has 5 heteroatoms. The van der Waals surface area contributed by atoms with Gasteiger partial charge in [-0.3, -0.25) is 9.69 Å². The Morgan fingerprint density at radius 2 is 2.19 bits per heavy atom. The van der Waals surface area contributed by atoms with Gasteiger partial charge >= 0.3 is 0 Å². The predicted molar refractivity (Wildman–Crippen MR) is 83.2 cm³/mol. The molecule has 1 saturated heterocycles. The number of ether oxygens (including phenoxy) is 1. The summed E-state index contributed by atoms with van der Waals surface area (Å²) < 4.78 is 5.29. The molecular formula is C16H25N3O2. The molecule has 1 aliphatic heterocycles. The van der Waals surface area contributed by atoms with Gasteiger partial charge in [-0.2, -0.15) is 0 Å². The molecule has 1 atom stereocenters. The van der Waals surface area contributed by atoms with E-state index in [9.17, 15) is 4.79 Å². The number of hydrogen-bond donors (Lipinski definition) is 2. The number of amides is 1. The molecule has 0 bridgehead atoms. The molecule has 116 valence electrons. The number of methoxy groups -OCH3 is 1. The van der Waals surface area contributed by atoms with Crippen molar-refractivity contribution in [1.82, 2.24) is 10.2 Å². The van der Waals surface area contributed by atoms with E-state index in [-0.39, 0.29) is 11.9 Å². The number of nitrogens with zero attached hydrogens (tertiary/aromatic N) is 1. The molecule has 0 radical (unpaired) electrons. The van der Waals surface area contributed by atoms with Crippen LogP contribution < -0.4 is 15.8 Å². The largest absolute Gasteiger partial charge is 0.497 e. The van der Waals surface area contributed by atoms with E-state index in [0.29, 0.717) is 12.6 Å². The first-order valence-electron chi connectivity index (χ1n) is 7.49. The van der Waals surface area contributed by atoms with Crippen LogP contribution in [0.5, 0.6) is 5.75 Å². The van der Waals surface area contributed by atoms with Crippen molar-refractivity contribution in [3.05, 3.63) is 29.8 Å². The number of rotatable bonds is 5. The first-order chi connectivity index (χ1) is 10.1. The van der Waals surface area contributed by atoms with Crippen LogP contribution in [0.15, 0.2) is 24.3 Å². The number of nitrogens with two attached hydrogens (primary N) is 1. The molecule has 21 heavy (non-hydrogen) atoms. The molecule has 3 N–H and O–H groups in total. The predicted octanol–water partition coefficient (Wildman–Crippen LogP) is 1.30. The Bertz CT molecular complexity index is 470. The zero-order valence-electron chi connectivity index (χ0n) is 12.8. The third-order valence-electron chi connectivity index (χ3n) is 4.08. The maximum absolute atomic E-state index is 11.1. The summed E-state index contributed by atoms with van der Waals surface area (Å²) >= 11 is 0. The molecule has 1 aliphatic rings. The SMILES string of the molecule is COc1cccc(C(CN)N2CCC(NC(C)=O)CC2)c1. The Hall–Kier alpha value is -1.59. The Morgan fingerprint density at radius 3 is 2.76 bits per heavy atom. The molecule has 1 aromatic rings. The highest BCUT2D eigenvalue weighted by atomic mass is 16.5. The van der Waals surface area contributed by atoms with Crippen molar-refractivity contribution in [3.8, 4) is 5.75 Å². The number of benzene rings is 1. The second kappa shape index (κ2) is 7.43. The van der Waals surface area contributed by atoms with E-state index in [4.69, 9.17) is 10.5 Å². The van der Waals surface area contributed by atoms with Gasteiger partial charge in [0.1, 0.15) is 5.75 Å². The molecule has 1 heterocycles. The first kappa shape index (κ1) is 15.8. The van der Waals surface area contributed by atoms with Gasteiger partial charge in [-0.25, -0.2) is 0 Å². The van der Waals surface area contributed by atoms with Crippen LogP contribution in [0.2, 0.25) is 0 Å². The van der Waals surface area contributed by atoms with E-state index >= 15 is 0 Å². The Balaban J connectivity index is 2.00. The van der Waals surface area contributed by atoms with Crippen LogP contribution in [0.1, 0.15) is 31.4 Å². The van der Waals surface area contributed by atoms with Gasteiger partial charge in [-0.1, -0.05) is 12.1 Å². The second-order valence-corrected chi connectivity index (χ2v) is 5.54. The monoisotopic (exact) mass is 291 g/mol. The van der Waals surface area contributed by atoms with Gasteiger partial charge in [0.2, 0.25) is 5.91 Å². The number of hydrogen-bond acceptors (Lipinski definition) is 4. The first-order valence-corrected chi connectivity index (χ1v) is 7.49. The zero-order chi connectivity index (χ0) is 15.2. The van der Waals surface area contributed by atoms with Gasteiger partial charge in [-0.15, -0.1) is 0 Å². The standard InChI is InChI=1S/C16H25N3O2/c1-12(20)18-14-6-8-19(9-7-14)16(11-17)13-4-3-5-15(10-13)21-2/h3-5,10,14,16H,6-9,11,17H2,1-2H3,(H,18,20). The number of carbonyl (C=O) groups excluding carboxylic acids is 1. The topological polar surface area (TPSA) is 67.6 Å². The molecule has 0 aromatic heterocycles. The van der Waals surface area contributed by atoms with Gasteiger partial charge in [0, 0.05) is 38.6 Å². The number of piperidine rings is 1. The highest BCUT2D eigenvalue weighted by molar-refractivity contribution is 5.73. The maximum atomic E-state index is 11.1. The summed E-state index contributed by atoms with van der Waals surface area (Å²) in [5.41, 5.74) is 7.18. The van der Waals surface area contributed by atoms with E-state index in [0.717, 1.165) is 31.7 Å². The van der Waals surface area contributed by atoms with Crippen LogP contribution >= 0.6 is 0 Å². The molecule has 0 spiro atoms. The van der Waals surface area contributed by atoms with Crippen molar-refractivity contribution in [3.63, 3.8) is 0 Å². The molecule has 2 rings (SSSR count). The smallest absolute Gasteiger partial charge is 0.217 e. The molecule has 0 aliphatic carbocycles. The lowest BCUT2D eigenvalue weighted by atomic mass is 9.99. The van der Waals surface area contributed by atoms with Crippen LogP contribution in [0.4, 0.5) is 0 Å². The Kier molecular flexibility index (Phi) is 5.59. The fraction of sp³-hybridized carbons (Fsp3) is 0.562. The molecular weight excluding hydrogens is 266 g/mol. The lowest BCUT2D eigenvalue weighted by Crippen LogP contribution is -2.46. The van der Waals surface area contributed by atoms with Crippen molar-refractivity contribution in [2.45, 2.75) is 31.8 Å². The van der Waals surface area contributed by atoms with E-state index in [1.54, 1.807) is 14.0 Å². The Labute approximate surface area is 126 Å². The summed E-state index contributed by atoms with van der Waals surface area (Å²) in [5, 5.41) is 3.00. The zero-order valence-corrected chi connectivity index (χ0v) is 12.8. The fourth-order valence-corrected chi connectivity index (χ4v) is 2.99. The van der Waals surface area contributed by atoms with Crippen molar-refractivity contribution < 1.29 is 9.53 Å². The third kappa shape index (κ3) is 4.19. The number of carbonyl (C=O) groups is 1. The summed E-state index contributed by atoms with van der Waals surface area (Å²) in [6, 6.07) is 8.60. The minimum atomic E-state index is 0.0524. The molecule has 1 amide bonds. The van der Waals surface area contributed by atoms with Crippen LogP contribution in [-0.4, -0.2) is 43.6 Å². The lowest BCUT2D eigenvalue weighted by molar-refractivity contribution is -0.120. The minimum absolute atomic E-state index is 0.0524. The molecule has 0 saturated carbocycles. The molecule has 1 unspecified atom stereocenters. The Morgan fingerprint density at radius 1 is 1.48 bits per heavy atom. The van der Waals surface area contributed by atoms with Crippen LogP contribution in [0.3, 0.4) is 0 Å². The normalized spacial score (nSPS) is 18.2. The summed E-state index contributed by atoms with van der Waals surface area (Å²) in [5.74, 6) is 0.913. The average Bonchev–Trinajstić information content (AvgIpc) is 2.49. The quantitative estimate of drug-likeness (QED) is 0.858. The van der Waals surface area contributed by atoms with Crippen molar-refractivity contribution in [1.29, 1.82) is 0 Å². The van der Waals surface area contributed by atoms with E-state index in [2.05, 4.69) is 22.3 Å². The van der Waals surface area contributed by atoms with Crippen molar-refractivity contribution >= 4 is 5.91 Å². The average molecular weight is 291 g/mol. The van der Waals surface area contributed by atoms with Gasteiger partial charge in [0.15, 0.2) is 0 Å².